The highest BCUT2D eigenvalue weighted by Gasteiger charge is 2.01. The molecule has 0 aromatic heterocycles. The normalized spacial score (nSPS) is 8.25. The summed E-state index contributed by atoms with van der Waals surface area (Å²) in [5, 5.41) is 9.21. The third-order valence-corrected chi connectivity index (χ3v) is 0.956. The summed E-state index contributed by atoms with van der Waals surface area (Å²) in [5.41, 5.74) is 0. The van der Waals surface area contributed by atoms with Gasteiger partial charge in [0, 0.05) is 6.54 Å². The van der Waals surface area contributed by atoms with Crippen molar-refractivity contribution in [1.82, 2.24) is 4.90 Å². The summed E-state index contributed by atoms with van der Waals surface area (Å²) in [6.07, 6.45) is 0.276. The van der Waals surface area contributed by atoms with E-state index in [-0.39, 0.29) is 18.8 Å². The first kappa shape index (κ1) is 13.7. The Hall–Kier alpha value is -0.900. The van der Waals surface area contributed by atoms with Crippen LogP contribution in [-0.4, -0.2) is 37.5 Å². The molecular formula is C6H12ClN3O2. The number of hydrogen-bond donors (Lipinski definition) is 1. The fraction of sp³-hybridized carbons (Fsp3) is 0.667. The first-order chi connectivity index (χ1) is 5.16. The molecule has 0 unspecified atom stereocenters. The molecule has 0 aliphatic carbocycles. The van der Waals surface area contributed by atoms with Crippen LogP contribution in [0.15, 0.2) is 5.16 Å². The van der Waals surface area contributed by atoms with E-state index in [1.54, 1.807) is 6.01 Å². The predicted octanol–water partition coefficient (Wildman–Crippen LogP) is 0.571. The number of nitrogens with zero attached hydrogens (tertiary/aromatic N) is 2. The second kappa shape index (κ2) is 8.20. The van der Waals surface area contributed by atoms with Crippen molar-refractivity contribution >= 4 is 24.4 Å². The number of rotatable bonds is 4. The fourth-order valence-corrected chi connectivity index (χ4v) is 0.434. The Bertz CT molecular complexity index is 178. The van der Waals surface area contributed by atoms with E-state index in [1.165, 1.54) is 0 Å². The molecule has 0 aromatic carbocycles. The molecule has 0 radical (unpaired) electrons. The molecule has 0 aliphatic heterocycles. The Kier molecular flexibility index (Phi) is 9.34. The topological polar surface area (TPSA) is 65.8 Å². The van der Waals surface area contributed by atoms with E-state index in [1.807, 2.05) is 19.0 Å². The average molecular weight is 194 g/mol. The van der Waals surface area contributed by atoms with Gasteiger partial charge in [0.05, 0.1) is 6.42 Å². The van der Waals surface area contributed by atoms with Gasteiger partial charge in [0.25, 0.3) is 0 Å². The van der Waals surface area contributed by atoms with Gasteiger partial charge in [0.2, 0.25) is 0 Å². The summed E-state index contributed by atoms with van der Waals surface area (Å²) in [7, 11) is 3.71. The molecule has 0 heterocycles. The van der Waals surface area contributed by atoms with Gasteiger partial charge in [0.1, 0.15) is 6.01 Å². The van der Waals surface area contributed by atoms with Crippen molar-refractivity contribution in [2.24, 2.45) is 5.16 Å². The van der Waals surface area contributed by atoms with Crippen molar-refractivity contribution in [3.63, 3.8) is 0 Å². The SMILES string of the molecule is CN(C)CCC(=O)ON=C=N.Cl. The molecule has 12 heavy (non-hydrogen) atoms. The highest BCUT2D eigenvalue weighted by atomic mass is 35.5. The van der Waals surface area contributed by atoms with Crippen LogP contribution in [-0.2, 0) is 9.63 Å². The van der Waals surface area contributed by atoms with Crippen LogP contribution in [0.2, 0.25) is 0 Å². The highest BCUT2D eigenvalue weighted by Crippen LogP contribution is 1.87. The second-order valence-electron chi connectivity index (χ2n) is 2.22. The molecule has 0 fully saturated rings. The van der Waals surface area contributed by atoms with E-state index >= 15 is 0 Å². The van der Waals surface area contributed by atoms with Crippen LogP contribution < -0.4 is 0 Å². The minimum atomic E-state index is -0.446. The summed E-state index contributed by atoms with van der Waals surface area (Å²) >= 11 is 0. The molecular weight excluding hydrogens is 182 g/mol. The molecule has 0 saturated heterocycles. The second-order valence-corrected chi connectivity index (χ2v) is 2.22. The van der Waals surface area contributed by atoms with Crippen molar-refractivity contribution in [3.05, 3.63) is 0 Å². The lowest BCUT2D eigenvalue weighted by Crippen LogP contribution is -2.16. The van der Waals surface area contributed by atoms with E-state index in [4.69, 9.17) is 5.41 Å². The maximum absolute atomic E-state index is 10.6. The van der Waals surface area contributed by atoms with E-state index in [0.717, 1.165) is 0 Å². The van der Waals surface area contributed by atoms with Crippen LogP contribution in [0.5, 0.6) is 0 Å². The third-order valence-electron chi connectivity index (χ3n) is 0.956. The van der Waals surface area contributed by atoms with Crippen molar-refractivity contribution < 1.29 is 9.63 Å². The van der Waals surface area contributed by atoms with E-state index in [9.17, 15) is 4.79 Å². The average Bonchev–Trinajstić information content (AvgIpc) is 1.97. The monoisotopic (exact) mass is 193 g/mol. The quantitative estimate of drug-likeness (QED) is 0.403. The van der Waals surface area contributed by atoms with Crippen LogP contribution >= 0.6 is 12.4 Å². The van der Waals surface area contributed by atoms with Crippen molar-refractivity contribution in [1.29, 1.82) is 5.41 Å². The van der Waals surface area contributed by atoms with E-state index in [2.05, 4.69) is 9.99 Å². The number of hydrogen-bond acceptors (Lipinski definition) is 5. The van der Waals surface area contributed by atoms with Gasteiger partial charge in [-0.25, -0.2) is 10.2 Å². The zero-order chi connectivity index (χ0) is 8.69. The number of carbonyl (C=O) groups is 1. The van der Waals surface area contributed by atoms with Crippen molar-refractivity contribution in [3.8, 4) is 0 Å². The number of carbonyl (C=O) groups excluding carboxylic acids is 1. The lowest BCUT2D eigenvalue weighted by molar-refractivity contribution is -0.143. The molecule has 0 amide bonds. The summed E-state index contributed by atoms with van der Waals surface area (Å²) in [4.78, 5) is 16.7. The maximum atomic E-state index is 10.6. The van der Waals surface area contributed by atoms with Gasteiger partial charge in [0.15, 0.2) is 0 Å². The molecule has 6 heteroatoms. The van der Waals surface area contributed by atoms with Gasteiger partial charge >= 0.3 is 5.97 Å². The largest absolute Gasteiger partial charge is 0.337 e. The Balaban J connectivity index is 0. The summed E-state index contributed by atoms with van der Waals surface area (Å²) in [6, 6.07) is 1.60. The molecule has 1 N–H and O–H groups in total. The molecule has 0 rings (SSSR count). The van der Waals surface area contributed by atoms with Crippen molar-refractivity contribution in [2.75, 3.05) is 20.6 Å². The lowest BCUT2D eigenvalue weighted by atomic mass is 10.4. The molecule has 70 valence electrons. The van der Waals surface area contributed by atoms with Gasteiger partial charge in [-0.15, -0.1) is 12.4 Å². The Morgan fingerprint density at radius 2 is 2.25 bits per heavy atom. The Morgan fingerprint density at radius 3 is 2.67 bits per heavy atom. The highest BCUT2D eigenvalue weighted by molar-refractivity contribution is 5.85. The van der Waals surface area contributed by atoms with Gasteiger partial charge in [-0.3, -0.25) is 0 Å². The molecule has 0 spiro atoms. The number of halogens is 1. The van der Waals surface area contributed by atoms with E-state index in [0.29, 0.717) is 6.54 Å². The number of nitrogens with one attached hydrogen (secondary N) is 1. The van der Waals surface area contributed by atoms with Crippen LogP contribution in [0.3, 0.4) is 0 Å². The smallest absolute Gasteiger partial charge is 0.309 e. The van der Waals surface area contributed by atoms with Gasteiger partial charge in [-0.1, -0.05) is 0 Å². The molecule has 0 saturated carbocycles. The Labute approximate surface area is 77.3 Å². The van der Waals surface area contributed by atoms with Gasteiger partial charge in [-0.05, 0) is 19.3 Å². The predicted molar refractivity (Wildman–Crippen MR) is 46.7 cm³/mol. The van der Waals surface area contributed by atoms with Crippen LogP contribution in [0.4, 0.5) is 0 Å². The summed E-state index contributed by atoms with van der Waals surface area (Å²) < 4.78 is 0. The molecule has 0 atom stereocenters. The van der Waals surface area contributed by atoms with Crippen molar-refractivity contribution in [2.45, 2.75) is 6.42 Å². The van der Waals surface area contributed by atoms with Gasteiger partial charge < -0.3 is 9.74 Å². The minimum Gasteiger partial charge on any atom is -0.309 e. The first-order valence-electron chi connectivity index (χ1n) is 3.13. The summed E-state index contributed by atoms with van der Waals surface area (Å²) in [6.45, 7) is 0.617. The third kappa shape index (κ3) is 9.10. The maximum Gasteiger partial charge on any atom is 0.337 e. The zero-order valence-corrected chi connectivity index (χ0v) is 7.85. The minimum absolute atomic E-state index is 0. The standard InChI is InChI=1S/C6H11N3O2.ClH/c1-9(2)4-3-6(10)11-8-5-7;/h7H,3-4H2,1-2H3;1H. The van der Waals surface area contributed by atoms with Crippen LogP contribution in [0.1, 0.15) is 6.42 Å². The first-order valence-corrected chi connectivity index (χ1v) is 3.13. The van der Waals surface area contributed by atoms with Crippen LogP contribution in [0.25, 0.3) is 0 Å². The summed E-state index contributed by atoms with van der Waals surface area (Å²) in [5.74, 6) is -0.446. The van der Waals surface area contributed by atoms with Gasteiger partial charge in [-0.2, -0.15) is 0 Å². The van der Waals surface area contributed by atoms with E-state index < -0.39 is 5.97 Å². The molecule has 0 bridgehead atoms. The molecule has 5 nitrogen and oxygen atoms in total. The molecule has 0 aromatic rings. The fourth-order valence-electron chi connectivity index (χ4n) is 0.434. The Morgan fingerprint density at radius 1 is 1.67 bits per heavy atom. The molecule has 0 aliphatic rings. The lowest BCUT2D eigenvalue weighted by Gasteiger charge is -2.05. The van der Waals surface area contributed by atoms with Crippen LogP contribution in [0, 0.1) is 5.41 Å². The zero-order valence-electron chi connectivity index (χ0n) is 7.03.